The molecule has 1 unspecified atom stereocenters. The Morgan fingerprint density at radius 1 is 1.33 bits per heavy atom. The number of ether oxygens (including phenoxy) is 3. The van der Waals surface area contributed by atoms with Crippen molar-refractivity contribution in [3.8, 4) is 5.75 Å². The van der Waals surface area contributed by atoms with Crippen LogP contribution in [-0.4, -0.2) is 32.4 Å². The normalized spacial score (nSPS) is 19.3. The Balaban J connectivity index is 1.84. The van der Waals surface area contributed by atoms with Crippen LogP contribution in [0.25, 0.3) is 0 Å². The van der Waals surface area contributed by atoms with Crippen molar-refractivity contribution >= 4 is 5.97 Å². The molecule has 1 aliphatic rings. The van der Waals surface area contributed by atoms with Crippen LogP contribution in [0.4, 0.5) is 0 Å². The topological polar surface area (TPSA) is 44.8 Å². The SMILES string of the molecule is COC(=O)c1ccc(OCC2CCCCO2)cc1. The molecule has 0 aromatic heterocycles. The average molecular weight is 250 g/mol. The van der Waals surface area contributed by atoms with E-state index in [9.17, 15) is 4.79 Å². The fourth-order valence-corrected chi connectivity index (χ4v) is 1.93. The summed E-state index contributed by atoms with van der Waals surface area (Å²) in [7, 11) is 1.37. The maximum atomic E-state index is 11.2. The van der Waals surface area contributed by atoms with E-state index in [2.05, 4.69) is 4.74 Å². The van der Waals surface area contributed by atoms with Gasteiger partial charge in [-0.05, 0) is 43.5 Å². The molecule has 0 spiro atoms. The molecule has 1 atom stereocenters. The molecule has 4 nitrogen and oxygen atoms in total. The molecule has 1 aliphatic heterocycles. The second-order valence-corrected chi connectivity index (χ2v) is 4.32. The van der Waals surface area contributed by atoms with Gasteiger partial charge in [0, 0.05) is 6.61 Å². The lowest BCUT2D eigenvalue weighted by atomic mass is 10.1. The van der Waals surface area contributed by atoms with Crippen molar-refractivity contribution < 1.29 is 19.0 Å². The Morgan fingerprint density at radius 2 is 2.11 bits per heavy atom. The number of carbonyl (C=O) groups excluding carboxylic acids is 1. The molecule has 1 aromatic carbocycles. The zero-order chi connectivity index (χ0) is 12.8. The predicted octanol–water partition coefficient (Wildman–Crippen LogP) is 2.42. The molecule has 4 heteroatoms. The lowest BCUT2D eigenvalue weighted by Gasteiger charge is -2.22. The Morgan fingerprint density at radius 3 is 2.72 bits per heavy atom. The zero-order valence-electron chi connectivity index (χ0n) is 10.6. The van der Waals surface area contributed by atoms with Crippen LogP contribution >= 0.6 is 0 Å². The summed E-state index contributed by atoms with van der Waals surface area (Å²) in [6.45, 7) is 1.40. The predicted molar refractivity (Wildman–Crippen MR) is 66.9 cm³/mol. The first-order valence-corrected chi connectivity index (χ1v) is 6.22. The maximum absolute atomic E-state index is 11.2. The molecule has 1 saturated heterocycles. The van der Waals surface area contributed by atoms with E-state index in [0.717, 1.165) is 25.2 Å². The summed E-state index contributed by atoms with van der Waals surface area (Å²) in [5.74, 6) is 0.411. The first-order valence-electron chi connectivity index (χ1n) is 6.22. The minimum Gasteiger partial charge on any atom is -0.491 e. The first-order chi connectivity index (χ1) is 8.79. The van der Waals surface area contributed by atoms with Crippen molar-refractivity contribution in [2.45, 2.75) is 25.4 Å². The van der Waals surface area contributed by atoms with E-state index in [1.54, 1.807) is 24.3 Å². The summed E-state index contributed by atoms with van der Waals surface area (Å²) in [5, 5.41) is 0. The van der Waals surface area contributed by atoms with Crippen LogP contribution in [0.3, 0.4) is 0 Å². The van der Waals surface area contributed by atoms with Crippen molar-refractivity contribution in [1.29, 1.82) is 0 Å². The van der Waals surface area contributed by atoms with Gasteiger partial charge in [-0.2, -0.15) is 0 Å². The van der Waals surface area contributed by atoms with Gasteiger partial charge in [0.2, 0.25) is 0 Å². The van der Waals surface area contributed by atoms with Crippen LogP contribution < -0.4 is 4.74 Å². The lowest BCUT2D eigenvalue weighted by Crippen LogP contribution is -2.25. The first kappa shape index (κ1) is 12.9. The molecule has 0 N–H and O–H groups in total. The molecule has 0 bridgehead atoms. The van der Waals surface area contributed by atoms with Gasteiger partial charge in [-0.25, -0.2) is 4.79 Å². The summed E-state index contributed by atoms with van der Waals surface area (Å²) in [4.78, 5) is 11.2. The van der Waals surface area contributed by atoms with Gasteiger partial charge in [-0.3, -0.25) is 0 Å². The molecule has 0 aliphatic carbocycles. The fraction of sp³-hybridized carbons (Fsp3) is 0.500. The van der Waals surface area contributed by atoms with Crippen LogP contribution in [-0.2, 0) is 9.47 Å². The summed E-state index contributed by atoms with van der Waals surface area (Å²) >= 11 is 0. The summed E-state index contributed by atoms with van der Waals surface area (Å²) < 4.78 is 15.8. The molecule has 18 heavy (non-hydrogen) atoms. The molecular formula is C14H18O4. The van der Waals surface area contributed by atoms with Crippen molar-refractivity contribution in [2.75, 3.05) is 20.3 Å². The van der Waals surface area contributed by atoms with Crippen molar-refractivity contribution in [3.63, 3.8) is 0 Å². The van der Waals surface area contributed by atoms with Gasteiger partial charge in [-0.1, -0.05) is 0 Å². The highest BCUT2D eigenvalue weighted by Crippen LogP contribution is 2.16. The molecule has 2 rings (SSSR count). The number of hydrogen-bond donors (Lipinski definition) is 0. The van der Waals surface area contributed by atoms with Gasteiger partial charge in [0.05, 0.1) is 18.8 Å². The second-order valence-electron chi connectivity index (χ2n) is 4.32. The van der Waals surface area contributed by atoms with Gasteiger partial charge in [0.15, 0.2) is 0 Å². The highest BCUT2D eigenvalue weighted by molar-refractivity contribution is 5.89. The number of esters is 1. The van der Waals surface area contributed by atoms with E-state index in [-0.39, 0.29) is 12.1 Å². The highest BCUT2D eigenvalue weighted by atomic mass is 16.5. The van der Waals surface area contributed by atoms with Crippen LogP contribution in [0.5, 0.6) is 5.75 Å². The average Bonchev–Trinajstić information content (AvgIpc) is 2.46. The van der Waals surface area contributed by atoms with Gasteiger partial charge in [0.25, 0.3) is 0 Å². The molecule has 98 valence electrons. The van der Waals surface area contributed by atoms with Crippen molar-refractivity contribution in [2.24, 2.45) is 0 Å². The Kier molecular flexibility index (Phi) is 4.59. The van der Waals surface area contributed by atoms with E-state index in [4.69, 9.17) is 9.47 Å². The van der Waals surface area contributed by atoms with Crippen LogP contribution in [0.2, 0.25) is 0 Å². The zero-order valence-corrected chi connectivity index (χ0v) is 10.6. The van der Waals surface area contributed by atoms with E-state index in [1.165, 1.54) is 13.5 Å². The number of hydrogen-bond acceptors (Lipinski definition) is 4. The third-order valence-electron chi connectivity index (χ3n) is 2.99. The molecular weight excluding hydrogens is 232 g/mol. The van der Waals surface area contributed by atoms with Gasteiger partial charge >= 0.3 is 5.97 Å². The van der Waals surface area contributed by atoms with Crippen molar-refractivity contribution in [1.82, 2.24) is 0 Å². The fourth-order valence-electron chi connectivity index (χ4n) is 1.93. The van der Waals surface area contributed by atoms with E-state index in [0.29, 0.717) is 12.2 Å². The van der Waals surface area contributed by atoms with Crippen LogP contribution in [0.1, 0.15) is 29.6 Å². The van der Waals surface area contributed by atoms with Gasteiger partial charge in [0.1, 0.15) is 12.4 Å². The molecule has 1 aromatic rings. The largest absolute Gasteiger partial charge is 0.491 e. The van der Waals surface area contributed by atoms with Crippen molar-refractivity contribution in [3.05, 3.63) is 29.8 Å². The Bertz CT molecular complexity index is 379. The molecule has 0 radical (unpaired) electrons. The quantitative estimate of drug-likeness (QED) is 0.770. The molecule has 0 amide bonds. The maximum Gasteiger partial charge on any atom is 0.337 e. The smallest absolute Gasteiger partial charge is 0.337 e. The molecule has 0 saturated carbocycles. The second kappa shape index (κ2) is 6.40. The van der Waals surface area contributed by atoms with Crippen LogP contribution in [0.15, 0.2) is 24.3 Å². The number of rotatable bonds is 4. The lowest BCUT2D eigenvalue weighted by molar-refractivity contribution is -0.0110. The number of carbonyl (C=O) groups is 1. The third kappa shape index (κ3) is 3.47. The molecule has 1 heterocycles. The van der Waals surface area contributed by atoms with Gasteiger partial charge in [-0.15, -0.1) is 0 Å². The highest BCUT2D eigenvalue weighted by Gasteiger charge is 2.14. The number of methoxy groups -OCH3 is 1. The standard InChI is InChI=1S/C14H18O4/c1-16-14(15)11-5-7-12(8-6-11)18-10-13-4-2-3-9-17-13/h5-8,13H,2-4,9-10H2,1H3. The molecule has 1 fully saturated rings. The Labute approximate surface area is 107 Å². The van der Waals surface area contributed by atoms with Crippen LogP contribution in [0, 0.1) is 0 Å². The minimum absolute atomic E-state index is 0.194. The van der Waals surface area contributed by atoms with Gasteiger partial charge < -0.3 is 14.2 Å². The van der Waals surface area contributed by atoms with E-state index >= 15 is 0 Å². The minimum atomic E-state index is -0.336. The summed E-state index contributed by atoms with van der Waals surface area (Å²) in [6.07, 6.45) is 3.60. The van der Waals surface area contributed by atoms with E-state index in [1.807, 2.05) is 0 Å². The van der Waals surface area contributed by atoms with E-state index < -0.39 is 0 Å². The Hall–Kier alpha value is -1.55. The monoisotopic (exact) mass is 250 g/mol. The third-order valence-corrected chi connectivity index (χ3v) is 2.99. The summed E-state index contributed by atoms with van der Waals surface area (Å²) in [6, 6.07) is 6.94. The summed E-state index contributed by atoms with van der Waals surface area (Å²) in [5.41, 5.74) is 0.527. The number of benzene rings is 1.